The minimum Gasteiger partial charge on any atom is -0.462 e. The quantitative estimate of drug-likeness (QED) is 0.0289. The molecule has 0 aromatic rings. The van der Waals surface area contributed by atoms with Crippen LogP contribution in [-0.2, 0) is 28.2 Å². The third-order valence-electron chi connectivity index (χ3n) is 8.07. The van der Waals surface area contributed by atoms with E-state index in [9.17, 15) is 14.2 Å². The Morgan fingerprint density at radius 3 is 1.45 bits per heavy atom. The monoisotopic (exact) mass is 710 g/mol. The molecule has 284 valence electrons. The van der Waals surface area contributed by atoms with E-state index < -0.39 is 32.5 Å². The zero-order chi connectivity index (χ0) is 36.1. The topological polar surface area (TPSA) is 119 Å². The van der Waals surface area contributed by atoms with Crippen LogP contribution in [0.25, 0.3) is 0 Å². The highest BCUT2D eigenvalue weighted by atomic mass is 31.2. The van der Waals surface area contributed by atoms with Gasteiger partial charge in [-0.15, -0.1) is 0 Å². The van der Waals surface area contributed by atoms with Crippen molar-refractivity contribution in [1.29, 1.82) is 0 Å². The second kappa shape index (κ2) is 35.8. The first-order valence-corrected chi connectivity index (χ1v) is 21.0. The average molecular weight is 711 g/mol. The molecule has 0 unspecified atom stereocenters. The molecule has 8 nitrogen and oxygen atoms in total. The zero-order valence-corrected chi connectivity index (χ0v) is 32.0. The van der Waals surface area contributed by atoms with Crippen LogP contribution >= 0.6 is 7.82 Å². The molecule has 0 saturated heterocycles. The Hall–Kier alpha value is -1.99. The number of ether oxygens (including phenoxy) is 2. The molecule has 0 aliphatic heterocycles. The number of carbonyl (C=O) groups is 2. The SMILES string of the molecule is CCCCCCC/C=C/CCCCCCCC(=O)O[C@H](COC(=O)CCC/C=C/C/C=C/C/C=C/CCCCCCCC)COP(=O)(O)O. The van der Waals surface area contributed by atoms with Crippen molar-refractivity contribution in [3.63, 3.8) is 0 Å². The predicted octanol–water partition coefficient (Wildman–Crippen LogP) is 11.6. The molecule has 0 aliphatic carbocycles. The molecule has 0 saturated carbocycles. The first-order valence-electron chi connectivity index (χ1n) is 19.4. The van der Waals surface area contributed by atoms with Crippen molar-refractivity contribution >= 4 is 19.8 Å². The van der Waals surface area contributed by atoms with Crippen LogP contribution in [0, 0.1) is 0 Å². The van der Waals surface area contributed by atoms with Crippen LogP contribution in [0.4, 0.5) is 0 Å². The van der Waals surface area contributed by atoms with Crippen LogP contribution in [0.5, 0.6) is 0 Å². The molecule has 9 heteroatoms. The van der Waals surface area contributed by atoms with Crippen molar-refractivity contribution in [3.8, 4) is 0 Å². The molecule has 0 radical (unpaired) electrons. The second-order valence-corrected chi connectivity index (χ2v) is 14.1. The molecule has 0 aliphatic rings. The van der Waals surface area contributed by atoms with Crippen LogP contribution in [0.15, 0.2) is 48.6 Å². The highest BCUT2D eigenvalue weighted by Crippen LogP contribution is 2.36. The van der Waals surface area contributed by atoms with Crippen LogP contribution in [0.1, 0.15) is 174 Å². The van der Waals surface area contributed by atoms with Gasteiger partial charge in [-0.2, -0.15) is 0 Å². The fourth-order valence-electron chi connectivity index (χ4n) is 5.15. The lowest BCUT2D eigenvalue weighted by molar-refractivity contribution is -0.161. The predicted molar refractivity (Wildman–Crippen MR) is 202 cm³/mol. The third kappa shape index (κ3) is 38.7. The summed E-state index contributed by atoms with van der Waals surface area (Å²) in [7, 11) is -4.76. The summed E-state index contributed by atoms with van der Waals surface area (Å²) in [6, 6.07) is 0. The van der Waals surface area contributed by atoms with Crippen LogP contribution in [0.2, 0.25) is 0 Å². The Bertz CT molecular complexity index is 937. The summed E-state index contributed by atoms with van der Waals surface area (Å²) in [5.74, 6) is -0.958. The fourth-order valence-corrected chi connectivity index (χ4v) is 5.51. The molecule has 0 spiro atoms. The summed E-state index contributed by atoms with van der Waals surface area (Å²) in [5.41, 5.74) is 0. The summed E-state index contributed by atoms with van der Waals surface area (Å²) in [4.78, 5) is 42.7. The van der Waals surface area contributed by atoms with E-state index in [2.05, 4.69) is 60.9 Å². The first kappa shape index (κ1) is 47.0. The van der Waals surface area contributed by atoms with Gasteiger partial charge in [-0.05, 0) is 70.6 Å². The summed E-state index contributed by atoms with van der Waals surface area (Å²) < 4.78 is 26.3. The first-order chi connectivity index (χ1) is 23.8. The van der Waals surface area contributed by atoms with Crippen molar-refractivity contribution in [3.05, 3.63) is 48.6 Å². The number of rotatable bonds is 35. The van der Waals surface area contributed by atoms with Crippen molar-refractivity contribution in [1.82, 2.24) is 0 Å². The molecule has 0 amide bonds. The normalized spacial score (nSPS) is 13.0. The number of phosphoric acid groups is 1. The molecular weight excluding hydrogens is 639 g/mol. The minimum absolute atomic E-state index is 0.190. The highest BCUT2D eigenvalue weighted by Gasteiger charge is 2.22. The Labute approximate surface area is 299 Å². The highest BCUT2D eigenvalue weighted by molar-refractivity contribution is 7.46. The maximum atomic E-state index is 12.3. The van der Waals surface area contributed by atoms with Crippen molar-refractivity contribution < 1.29 is 37.9 Å². The maximum absolute atomic E-state index is 12.3. The lowest BCUT2D eigenvalue weighted by atomic mass is 10.1. The van der Waals surface area contributed by atoms with Crippen molar-refractivity contribution in [2.45, 2.75) is 180 Å². The summed E-state index contributed by atoms with van der Waals surface area (Å²) in [6.45, 7) is 3.61. The summed E-state index contributed by atoms with van der Waals surface area (Å²) in [5, 5.41) is 0. The van der Waals surface area contributed by atoms with Gasteiger partial charge in [0.25, 0.3) is 0 Å². The van der Waals surface area contributed by atoms with Crippen molar-refractivity contribution in [2.24, 2.45) is 0 Å². The van der Waals surface area contributed by atoms with E-state index in [0.29, 0.717) is 12.8 Å². The summed E-state index contributed by atoms with van der Waals surface area (Å²) in [6.07, 6.45) is 42.7. The van der Waals surface area contributed by atoms with Gasteiger partial charge in [-0.1, -0.05) is 140 Å². The van der Waals surface area contributed by atoms with E-state index in [0.717, 1.165) is 57.8 Å². The van der Waals surface area contributed by atoms with E-state index in [1.165, 1.54) is 77.0 Å². The summed E-state index contributed by atoms with van der Waals surface area (Å²) >= 11 is 0. The molecular formula is C40H71O8P. The molecule has 0 rings (SSSR count). The van der Waals surface area contributed by atoms with Crippen LogP contribution in [-0.4, -0.2) is 41.0 Å². The van der Waals surface area contributed by atoms with Gasteiger partial charge in [-0.3, -0.25) is 14.1 Å². The molecule has 1 atom stereocenters. The van der Waals surface area contributed by atoms with Crippen LogP contribution < -0.4 is 0 Å². The minimum atomic E-state index is -4.76. The molecule has 2 N–H and O–H groups in total. The van der Waals surface area contributed by atoms with Gasteiger partial charge < -0.3 is 19.3 Å². The van der Waals surface area contributed by atoms with Gasteiger partial charge in [0, 0.05) is 12.8 Å². The smallest absolute Gasteiger partial charge is 0.462 e. The number of carbonyl (C=O) groups excluding carboxylic acids is 2. The molecule has 0 bridgehead atoms. The fraction of sp³-hybridized carbons (Fsp3) is 0.750. The van der Waals surface area contributed by atoms with Gasteiger partial charge in [0.2, 0.25) is 0 Å². The maximum Gasteiger partial charge on any atom is 0.469 e. The Morgan fingerprint density at radius 2 is 0.939 bits per heavy atom. The van der Waals surface area contributed by atoms with Gasteiger partial charge in [0.15, 0.2) is 6.10 Å². The lowest BCUT2D eigenvalue weighted by Gasteiger charge is -2.18. The largest absolute Gasteiger partial charge is 0.469 e. The van der Waals surface area contributed by atoms with Gasteiger partial charge in [0.05, 0.1) is 6.61 Å². The number of hydrogen-bond donors (Lipinski definition) is 2. The molecule has 49 heavy (non-hydrogen) atoms. The third-order valence-corrected chi connectivity index (χ3v) is 8.56. The Balaban J connectivity index is 4.06. The number of unbranched alkanes of at least 4 members (excludes halogenated alkanes) is 17. The van der Waals surface area contributed by atoms with E-state index >= 15 is 0 Å². The van der Waals surface area contributed by atoms with E-state index in [1.54, 1.807) is 0 Å². The average Bonchev–Trinajstić information content (AvgIpc) is 3.07. The standard InChI is InChI=1S/C40H71O8P/c1-3-5-7-9-11-13-15-17-19-20-21-23-24-26-28-30-32-34-39(41)46-36-38(37-47-49(43,44)45)48-40(42)35-33-31-29-27-25-22-18-16-14-12-10-8-6-4-2/h16-19,21,23,26,28,38H,3-15,20,22,24-25,27,29-37H2,1-2H3,(H2,43,44,45)/b18-16+,19-17+,23-21+,28-26+/t38-/m1/s1. The number of hydrogen-bond acceptors (Lipinski definition) is 6. The van der Waals surface area contributed by atoms with Gasteiger partial charge in [-0.25, -0.2) is 4.57 Å². The van der Waals surface area contributed by atoms with Crippen LogP contribution in [0.3, 0.4) is 0 Å². The molecule has 0 fully saturated rings. The van der Waals surface area contributed by atoms with Crippen molar-refractivity contribution in [2.75, 3.05) is 13.2 Å². The van der Waals surface area contributed by atoms with E-state index in [4.69, 9.17) is 19.3 Å². The van der Waals surface area contributed by atoms with Gasteiger partial charge in [0.1, 0.15) is 6.61 Å². The molecule has 0 heterocycles. The Morgan fingerprint density at radius 1 is 0.531 bits per heavy atom. The lowest BCUT2D eigenvalue weighted by Crippen LogP contribution is -2.29. The zero-order valence-electron chi connectivity index (χ0n) is 31.1. The van der Waals surface area contributed by atoms with Gasteiger partial charge >= 0.3 is 19.8 Å². The molecule has 0 aromatic heterocycles. The second-order valence-electron chi connectivity index (χ2n) is 12.9. The Kier molecular flexibility index (Phi) is 34.4. The number of allylic oxidation sites excluding steroid dienone is 8. The molecule has 0 aromatic carbocycles. The van der Waals surface area contributed by atoms with E-state index in [-0.39, 0.29) is 19.4 Å². The number of esters is 2. The number of phosphoric ester groups is 1. The van der Waals surface area contributed by atoms with E-state index in [1.807, 2.05) is 6.08 Å².